The number of aryl methyl sites for hydroxylation is 1. The van der Waals surface area contributed by atoms with Gasteiger partial charge in [-0.25, -0.2) is 0 Å². The smallest absolute Gasteiger partial charge is 0.254 e. The summed E-state index contributed by atoms with van der Waals surface area (Å²) in [5.41, 5.74) is 2.66. The van der Waals surface area contributed by atoms with Gasteiger partial charge in [-0.2, -0.15) is 0 Å². The molecule has 1 aliphatic rings. The highest BCUT2D eigenvalue weighted by molar-refractivity contribution is 7.17. The predicted molar refractivity (Wildman–Crippen MR) is 109 cm³/mol. The fourth-order valence-electron chi connectivity index (χ4n) is 3.14. The van der Waals surface area contributed by atoms with Crippen molar-refractivity contribution in [2.24, 2.45) is 0 Å². The largest absolute Gasteiger partial charge is 0.383 e. The van der Waals surface area contributed by atoms with Gasteiger partial charge < -0.3 is 15.4 Å². The number of ether oxygens (including phenoxy) is 1. The molecule has 0 bridgehead atoms. The molecule has 0 unspecified atom stereocenters. The SMILES string of the molecule is COCCNC(=O)c1c(NC(=O)C=Cc2ccccc2)sc2c1CCCC2. The first-order valence-electron chi connectivity index (χ1n) is 9.15. The summed E-state index contributed by atoms with van der Waals surface area (Å²) in [6, 6.07) is 9.65. The summed E-state index contributed by atoms with van der Waals surface area (Å²) in [7, 11) is 1.60. The minimum atomic E-state index is -0.233. The Labute approximate surface area is 163 Å². The Balaban J connectivity index is 1.77. The lowest BCUT2D eigenvalue weighted by Gasteiger charge is -2.13. The maximum absolute atomic E-state index is 12.7. The van der Waals surface area contributed by atoms with Crippen molar-refractivity contribution in [2.75, 3.05) is 25.6 Å². The Bertz CT molecular complexity index is 827. The lowest BCUT2D eigenvalue weighted by Crippen LogP contribution is -2.28. The fourth-order valence-corrected chi connectivity index (χ4v) is 4.43. The molecule has 1 heterocycles. The number of carbonyl (C=O) groups excluding carboxylic acids is 2. The van der Waals surface area contributed by atoms with Crippen LogP contribution in [0.25, 0.3) is 6.08 Å². The normalized spacial score (nSPS) is 13.4. The second kappa shape index (κ2) is 9.48. The van der Waals surface area contributed by atoms with Crippen LogP contribution in [0.4, 0.5) is 5.00 Å². The highest BCUT2D eigenvalue weighted by Gasteiger charge is 2.25. The van der Waals surface area contributed by atoms with Crippen LogP contribution >= 0.6 is 11.3 Å². The van der Waals surface area contributed by atoms with Crippen LogP contribution in [0, 0.1) is 0 Å². The second-order valence-corrected chi connectivity index (χ2v) is 7.50. The van der Waals surface area contributed by atoms with Crippen molar-refractivity contribution in [3.63, 3.8) is 0 Å². The van der Waals surface area contributed by atoms with E-state index >= 15 is 0 Å². The summed E-state index contributed by atoms with van der Waals surface area (Å²) in [5.74, 6) is -0.378. The molecular weight excluding hydrogens is 360 g/mol. The number of benzene rings is 1. The Morgan fingerprint density at radius 3 is 2.74 bits per heavy atom. The monoisotopic (exact) mass is 384 g/mol. The summed E-state index contributed by atoms with van der Waals surface area (Å²) < 4.78 is 5.00. The van der Waals surface area contributed by atoms with Crippen molar-refractivity contribution in [3.8, 4) is 0 Å². The van der Waals surface area contributed by atoms with E-state index in [9.17, 15) is 9.59 Å². The van der Waals surface area contributed by atoms with E-state index < -0.39 is 0 Å². The zero-order chi connectivity index (χ0) is 19.1. The van der Waals surface area contributed by atoms with Gasteiger partial charge >= 0.3 is 0 Å². The second-order valence-electron chi connectivity index (χ2n) is 6.40. The van der Waals surface area contributed by atoms with Gasteiger partial charge in [0.05, 0.1) is 12.2 Å². The van der Waals surface area contributed by atoms with Gasteiger partial charge in [0.25, 0.3) is 5.91 Å². The van der Waals surface area contributed by atoms with Crippen LogP contribution in [0.5, 0.6) is 0 Å². The third-order valence-corrected chi connectivity index (χ3v) is 5.66. The van der Waals surface area contributed by atoms with Gasteiger partial charge in [-0.3, -0.25) is 9.59 Å². The highest BCUT2D eigenvalue weighted by Crippen LogP contribution is 2.38. The summed E-state index contributed by atoms with van der Waals surface area (Å²) in [5, 5.41) is 6.43. The number of methoxy groups -OCH3 is 1. The number of fused-ring (bicyclic) bond motifs is 1. The molecule has 1 aromatic heterocycles. The molecule has 0 saturated heterocycles. The Morgan fingerprint density at radius 2 is 1.96 bits per heavy atom. The maximum atomic E-state index is 12.7. The molecule has 0 saturated carbocycles. The molecule has 2 N–H and O–H groups in total. The van der Waals surface area contributed by atoms with Gasteiger partial charge in [0, 0.05) is 24.6 Å². The number of hydrogen-bond acceptors (Lipinski definition) is 4. The molecule has 1 aliphatic carbocycles. The van der Waals surface area contributed by atoms with Gasteiger partial charge in [0.2, 0.25) is 5.91 Å². The van der Waals surface area contributed by atoms with E-state index in [0.717, 1.165) is 36.8 Å². The van der Waals surface area contributed by atoms with E-state index in [4.69, 9.17) is 4.74 Å². The number of rotatable bonds is 7. The Kier molecular flexibility index (Phi) is 6.79. The van der Waals surface area contributed by atoms with Crippen molar-refractivity contribution in [2.45, 2.75) is 25.7 Å². The first kappa shape index (κ1) is 19.3. The van der Waals surface area contributed by atoms with Crippen molar-refractivity contribution in [3.05, 3.63) is 58.0 Å². The molecule has 0 atom stereocenters. The average Bonchev–Trinajstić information content (AvgIpc) is 3.05. The number of anilines is 1. The summed E-state index contributed by atoms with van der Waals surface area (Å²) in [6.45, 7) is 0.904. The van der Waals surface area contributed by atoms with Crippen LogP contribution in [0.3, 0.4) is 0 Å². The van der Waals surface area contributed by atoms with Crippen LogP contribution < -0.4 is 10.6 Å². The molecule has 3 rings (SSSR count). The van der Waals surface area contributed by atoms with Gasteiger partial charge in [-0.05, 0) is 42.9 Å². The zero-order valence-corrected chi connectivity index (χ0v) is 16.2. The van der Waals surface area contributed by atoms with E-state index in [1.807, 2.05) is 30.3 Å². The Hall–Kier alpha value is -2.44. The van der Waals surface area contributed by atoms with Crippen molar-refractivity contribution < 1.29 is 14.3 Å². The Morgan fingerprint density at radius 1 is 1.19 bits per heavy atom. The third kappa shape index (κ3) is 5.05. The van der Waals surface area contributed by atoms with Crippen LogP contribution in [0.15, 0.2) is 36.4 Å². The molecule has 0 radical (unpaired) electrons. The van der Waals surface area contributed by atoms with E-state index in [1.165, 1.54) is 22.3 Å². The number of thiophene rings is 1. The number of hydrogen-bond donors (Lipinski definition) is 2. The van der Waals surface area contributed by atoms with Crippen LogP contribution in [-0.4, -0.2) is 32.1 Å². The van der Waals surface area contributed by atoms with E-state index in [0.29, 0.717) is 23.7 Å². The molecule has 2 amide bonds. The zero-order valence-electron chi connectivity index (χ0n) is 15.4. The van der Waals surface area contributed by atoms with Crippen LogP contribution in [-0.2, 0) is 22.4 Å². The van der Waals surface area contributed by atoms with Crippen molar-refractivity contribution >= 4 is 34.2 Å². The first-order chi connectivity index (χ1) is 13.2. The summed E-state index contributed by atoms with van der Waals surface area (Å²) in [4.78, 5) is 26.3. The standard InChI is InChI=1S/C21H24N2O3S/c1-26-14-13-22-20(25)19-16-9-5-6-10-17(16)27-21(19)23-18(24)12-11-15-7-3-2-4-8-15/h2-4,7-8,11-12H,5-6,9-10,13-14H2,1H3,(H,22,25)(H,23,24). The first-order valence-corrected chi connectivity index (χ1v) is 9.96. The lowest BCUT2D eigenvalue weighted by molar-refractivity contribution is -0.111. The molecule has 0 fully saturated rings. The third-order valence-electron chi connectivity index (χ3n) is 4.45. The fraction of sp³-hybridized carbons (Fsp3) is 0.333. The quantitative estimate of drug-likeness (QED) is 0.566. The van der Waals surface area contributed by atoms with Crippen molar-refractivity contribution in [1.82, 2.24) is 5.32 Å². The summed E-state index contributed by atoms with van der Waals surface area (Å²) in [6.07, 6.45) is 7.31. The van der Waals surface area contributed by atoms with Gasteiger partial charge in [0.15, 0.2) is 0 Å². The number of carbonyl (C=O) groups is 2. The minimum Gasteiger partial charge on any atom is -0.383 e. The lowest BCUT2D eigenvalue weighted by atomic mass is 9.95. The van der Waals surface area contributed by atoms with Gasteiger partial charge in [-0.15, -0.1) is 11.3 Å². The van der Waals surface area contributed by atoms with Crippen LogP contribution in [0.1, 0.15) is 39.2 Å². The van der Waals surface area contributed by atoms with E-state index in [1.54, 1.807) is 13.2 Å². The van der Waals surface area contributed by atoms with Gasteiger partial charge in [0.1, 0.15) is 5.00 Å². The molecular formula is C21H24N2O3S. The average molecular weight is 385 g/mol. The van der Waals surface area contributed by atoms with E-state index in [2.05, 4.69) is 10.6 Å². The molecule has 0 aliphatic heterocycles. The molecule has 0 spiro atoms. The predicted octanol–water partition coefficient (Wildman–Crippen LogP) is 3.66. The molecule has 27 heavy (non-hydrogen) atoms. The topological polar surface area (TPSA) is 67.4 Å². The molecule has 1 aromatic carbocycles. The maximum Gasteiger partial charge on any atom is 0.254 e. The number of amides is 2. The molecule has 6 heteroatoms. The van der Waals surface area contributed by atoms with Crippen LogP contribution in [0.2, 0.25) is 0 Å². The minimum absolute atomic E-state index is 0.145. The van der Waals surface area contributed by atoms with Crippen molar-refractivity contribution in [1.29, 1.82) is 0 Å². The molecule has 5 nitrogen and oxygen atoms in total. The van der Waals surface area contributed by atoms with Gasteiger partial charge in [-0.1, -0.05) is 30.3 Å². The molecule has 2 aromatic rings. The summed E-state index contributed by atoms with van der Waals surface area (Å²) >= 11 is 1.52. The number of nitrogens with one attached hydrogen (secondary N) is 2. The molecule has 142 valence electrons. The van der Waals surface area contributed by atoms with E-state index in [-0.39, 0.29) is 11.8 Å². The highest BCUT2D eigenvalue weighted by atomic mass is 32.1.